The molecule has 25 heavy (non-hydrogen) atoms. The minimum absolute atomic E-state index is 0.502. The number of nitrogens with zero attached hydrogens (tertiary/aromatic N) is 7. The second kappa shape index (κ2) is 6.40. The maximum Gasteiger partial charge on any atom is 0.210 e. The number of aromatic nitrogens is 7. The Morgan fingerprint density at radius 2 is 1.96 bits per heavy atom. The molecule has 0 saturated heterocycles. The number of thioether (sulfide) groups is 1. The van der Waals surface area contributed by atoms with E-state index in [0.717, 1.165) is 17.0 Å². The molecule has 0 spiro atoms. The Kier molecular flexibility index (Phi) is 3.94. The van der Waals surface area contributed by atoms with Crippen molar-refractivity contribution in [1.82, 2.24) is 35.1 Å². The molecular formula is C15H14N8OS. The van der Waals surface area contributed by atoms with Crippen molar-refractivity contribution >= 4 is 11.8 Å². The Hall–Kier alpha value is -3.14. The van der Waals surface area contributed by atoms with Gasteiger partial charge < -0.3 is 10.3 Å². The highest BCUT2D eigenvalue weighted by Gasteiger charge is 2.17. The highest BCUT2D eigenvalue weighted by Crippen LogP contribution is 2.26. The first-order valence-electron chi connectivity index (χ1n) is 7.44. The number of rotatable bonds is 5. The summed E-state index contributed by atoms with van der Waals surface area (Å²) in [6, 6.07) is 11.5. The monoisotopic (exact) mass is 354 g/mol. The van der Waals surface area contributed by atoms with Crippen LogP contribution in [0.5, 0.6) is 0 Å². The summed E-state index contributed by atoms with van der Waals surface area (Å²) in [5, 5.41) is 20.7. The summed E-state index contributed by atoms with van der Waals surface area (Å²) in [5.74, 6) is 8.61. The third kappa shape index (κ3) is 2.87. The van der Waals surface area contributed by atoms with E-state index in [1.165, 1.54) is 16.4 Å². The standard InChI is InChI=1S/C15H14N8OS/c1-10-12(7-8-24-10)14-18-19-15(22(14)16)25-9-13-17-20-21-23(13)11-5-3-2-4-6-11/h2-8H,9,16H2,1H3. The van der Waals surface area contributed by atoms with Crippen LogP contribution in [0.25, 0.3) is 17.1 Å². The predicted octanol–water partition coefficient (Wildman–Crippen LogP) is 1.83. The number of para-hydroxylation sites is 1. The number of furan rings is 1. The van der Waals surface area contributed by atoms with E-state index < -0.39 is 0 Å². The average Bonchev–Trinajstić information content (AvgIpc) is 3.34. The van der Waals surface area contributed by atoms with Crippen molar-refractivity contribution < 1.29 is 4.42 Å². The Labute approximate surface area is 146 Å². The number of nitrogens with two attached hydrogens (primary N) is 1. The van der Waals surface area contributed by atoms with Crippen LogP contribution in [-0.2, 0) is 5.75 Å². The van der Waals surface area contributed by atoms with E-state index in [1.807, 2.05) is 43.3 Å². The largest absolute Gasteiger partial charge is 0.469 e. The Morgan fingerprint density at radius 1 is 1.12 bits per heavy atom. The van der Waals surface area contributed by atoms with Crippen LogP contribution >= 0.6 is 11.8 Å². The van der Waals surface area contributed by atoms with E-state index in [4.69, 9.17) is 10.3 Å². The summed E-state index contributed by atoms with van der Waals surface area (Å²) in [6.45, 7) is 1.85. The zero-order valence-corrected chi connectivity index (χ0v) is 14.1. The lowest BCUT2D eigenvalue weighted by Gasteiger charge is -2.04. The lowest BCUT2D eigenvalue weighted by Crippen LogP contribution is -2.12. The van der Waals surface area contributed by atoms with E-state index in [1.54, 1.807) is 10.9 Å². The van der Waals surface area contributed by atoms with Crippen LogP contribution in [0, 0.1) is 6.92 Å². The van der Waals surface area contributed by atoms with Gasteiger partial charge in [0, 0.05) is 0 Å². The molecule has 0 fully saturated rings. The number of hydrogen-bond acceptors (Lipinski definition) is 8. The van der Waals surface area contributed by atoms with E-state index in [-0.39, 0.29) is 0 Å². The van der Waals surface area contributed by atoms with Gasteiger partial charge in [-0.3, -0.25) is 0 Å². The van der Waals surface area contributed by atoms with Crippen molar-refractivity contribution in [3.05, 3.63) is 54.2 Å². The SMILES string of the molecule is Cc1occc1-c1nnc(SCc2nnnn2-c2ccccc2)n1N. The molecule has 3 aromatic heterocycles. The van der Waals surface area contributed by atoms with Gasteiger partial charge in [0.05, 0.1) is 23.3 Å². The molecule has 1 aromatic carbocycles. The summed E-state index contributed by atoms with van der Waals surface area (Å²) < 4.78 is 8.42. The third-order valence-corrected chi connectivity index (χ3v) is 4.57. The molecule has 3 heterocycles. The first-order chi connectivity index (χ1) is 12.2. The van der Waals surface area contributed by atoms with Crippen molar-refractivity contribution in [1.29, 1.82) is 0 Å². The normalized spacial score (nSPS) is 11.1. The summed E-state index contributed by atoms with van der Waals surface area (Å²) >= 11 is 1.41. The van der Waals surface area contributed by atoms with Gasteiger partial charge in [0.1, 0.15) is 5.76 Å². The lowest BCUT2D eigenvalue weighted by atomic mass is 10.2. The second-order valence-corrected chi connectivity index (χ2v) is 6.14. The first-order valence-corrected chi connectivity index (χ1v) is 8.43. The molecule has 9 nitrogen and oxygen atoms in total. The van der Waals surface area contributed by atoms with Crippen molar-refractivity contribution in [2.45, 2.75) is 17.8 Å². The molecule has 0 aliphatic rings. The quantitative estimate of drug-likeness (QED) is 0.426. The second-order valence-electron chi connectivity index (χ2n) is 5.20. The van der Waals surface area contributed by atoms with E-state index >= 15 is 0 Å². The Balaban J connectivity index is 1.55. The fourth-order valence-corrected chi connectivity index (χ4v) is 3.13. The lowest BCUT2D eigenvalue weighted by molar-refractivity contribution is 0.535. The molecular weight excluding hydrogens is 340 g/mol. The van der Waals surface area contributed by atoms with Gasteiger partial charge in [-0.15, -0.1) is 15.3 Å². The van der Waals surface area contributed by atoms with Gasteiger partial charge in [-0.25, -0.2) is 4.68 Å². The van der Waals surface area contributed by atoms with E-state index in [9.17, 15) is 0 Å². The van der Waals surface area contributed by atoms with Crippen LogP contribution in [0.3, 0.4) is 0 Å². The molecule has 0 bridgehead atoms. The molecule has 0 amide bonds. The summed E-state index contributed by atoms with van der Waals surface area (Å²) in [6.07, 6.45) is 1.60. The van der Waals surface area contributed by atoms with Crippen LogP contribution in [0.2, 0.25) is 0 Å². The smallest absolute Gasteiger partial charge is 0.210 e. The fourth-order valence-electron chi connectivity index (χ4n) is 2.37. The van der Waals surface area contributed by atoms with Crippen LogP contribution < -0.4 is 5.84 Å². The molecule has 126 valence electrons. The van der Waals surface area contributed by atoms with Crippen molar-refractivity contribution in [2.24, 2.45) is 0 Å². The maximum absolute atomic E-state index is 6.12. The van der Waals surface area contributed by atoms with Crippen LogP contribution in [-0.4, -0.2) is 35.1 Å². The topological polar surface area (TPSA) is 113 Å². The average molecular weight is 354 g/mol. The highest BCUT2D eigenvalue weighted by molar-refractivity contribution is 7.98. The predicted molar refractivity (Wildman–Crippen MR) is 91.3 cm³/mol. The summed E-state index contributed by atoms with van der Waals surface area (Å²) in [4.78, 5) is 0. The van der Waals surface area contributed by atoms with Gasteiger partial charge in [-0.1, -0.05) is 30.0 Å². The molecule has 0 unspecified atom stereocenters. The van der Waals surface area contributed by atoms with Crippen LogP contribution in [0.15, 0.2) is 52.2 Å². The van der Waals surface area contributed by atoms with E-state index in [2.05, 4.69) is 25.7 Å². The minimum atomic E-state index is 0.502. The van der Waals surface area contributed by atoms with Gasteiger partial charge in [-0.2, -0.15) is 4.68 Å². The van der Waals surface area contributed by atoms with Gasteiger partial charge in [0.2, 0.25) is 5.16 Å². The molecule has 0 aliphatic carbocycles. The number of benzene rings is 1. The number of hydrogen-bond donors (Lipinski definition) is 1. The summed E-state index contributed by atoms with van der Waals surface area (Å²) in [7, 11) is 0. The Bertz CT molecular complexity index is 990. The maximum atomic E-state index is 6.12. The molecule has 2 N–H and O–H groups in total. The number of aryl methyl sites for hydroxylation is 1. The van der Waals surface area contributed by atoms with Crippen LogP contribution in [0.1, 0.15) is 11.6 Å². The first kappa shape index (κ1) is 15.4. The van der Waals surface area contributed by atoms with E-state index in [0.29, 0.717) is 22.6 Å². The van der Waals surface area contributed by atoms with Crippen molar-refractivity contribution in [2.75, 3.05) is 5.84 Å². The number of tetrazole rings is 1. The van der Waals surface area contributed by atoms with Gasteiger partial charge >= 0.3 is 0 Å². The molecule has 0 atom stereocenters. The van der Waals surface area contributed by atoms with Crippen molar-refractivity contribution in [3.8, 4) is 17.1 Å². The third-order valence-electron chi connectivity index (χ3n) is 3.63. The van der Waals surface area contributed by atoms with Gasteiger partial charge in [-0.05, 0) is 35.5 Å². The molecule has 4 aromatic rings. The number of nitrogen functional groups attached to an aromatic ring is 1. The zero-order valence-electron chi connectivity index (χ0n) is 13.3. The molecule has 0 radical (unpaired) electrons. The van der Waals surface area contributed by atoms with Gasteiger partial charge in [0.25, 0.3) is 0 Å². The highest BCUT2D eigenvalue weighted by atomic mass is 32.2. The Morgan fingerprint density at radius 3 is 2.72 bits per heavy atom. The molecule has 4 rings (SSSR count). The van der Waals surface area contributed by atoms with Crippen molar-refractivity contribution in [3.63, 3.8) is 0 Å². The van der Waals surface area contributed by atoms with Crippen LogP contribution in [0.4, 0.5) is 0 Å². The minimum Gasteiger partial charge on any atom is -0.469 e. The molecule has 0 saturated carbocycles. The summed E-state index contributed by atoms with van der Waals surface area (Å²) in [5.41, 5.74) is 1.71. The zero-order chi connectivity index (χ0) is 17.2. The molecule has 0 aliphatic heterocycles. The molecule has 10 heteroatoms. The van der Waals surface area contributed by atoms with Gasteiger partial charge in [0.15, 0.2) is 11.6 Å². The fraction of sp³-hybridized carbons (Fsp3) is 0.133.